The second-order valence-electron chi connectivity index (χ2n) is 4.40. The van der Waals surface area contributed by atoms with Crippen molar-refractivity contribution in [2.45, 2.75) is 51.0 Å². The fraction of sp³-hybridized carbons (Fsp3) is 0.889. The summed E-state index contributed by atoms with van der Waals surface area (Å²) in [6.45, 7) is 13.6. The molecular weight excluding hydrogens is 166 g/mol. The van der Waals surface area contributed by atoms with E-state index in [9.17, 15) is 0 Å². The quantitative estimate of drug-likeness (QED) is 0.474. The molecule has 0 aliphatic heterocycles. The normalized spacial score (nSPS) is 30.2. The first-order valence-corrected chi connectivity index (χ1v) is 7.98. The standard InChI is InChI=1S/C9H17NOSi/c1-10-8-6-5-7-9(8)11-12(2,3)4/h8-9H,5-7H2,2-4H3/t8-,9+/m0/s1. The fourth-order valence-electron chi connectivity index (χ4n) is 1.65. The van der Waals surface area contributed by atoms with Crippen LogP contribution in [0.1, 0.15) is 19.3 Å². The van der Waals surface area contributed by atoms with Gasteiger partial charge in [-0.15, -0.1) is 0 Å². The summed E-state index contributed by atoms with van der Waals surface area (Å²) in [5.41, 5.74) is 0. The Labute approximate surface area is 75.9 Å². The van der Waals surface area contributed by atoms with Crippen LogP contribution in [-0.2, 0) is 4.43 Å². The van der Waals surface area contributed by atoms with E-state index in [0.717, 1.165) is 12.8 Å². The van der Waals surface area contributed by atoms with Crippen LogP contribution in [0.25, 0.3) is 4.85 Å². The van der Waals surface area contributed by atoms with Crippen molar-refractivity contribution in [3.63, 3.8) is 0 Å². The maximum absolute atomic E-state index is 7.00. The van der Waals surface area contributed by atoms with Gasteiger partial charge in [-0.2, -0.15) is 0 Å². The summed E-state index contributed by atoms with van der Waals surface area (Å²) in [4.78, 5) is 3.60. The van der Waals surface area contributed by atoms with E-state index in [0.29, 0.717) is 0 Å². The third kappa shape index (κ3) is 2.61. The Hall–Kier alpha value is -0.333. The summed E-state index contributed by atoms with van der Waals surface area (Å²) in [6.07, 6.45) is 3.55. The maximum Gasteiger partial charge on any atom is 0.248 e. The Morgan fingerprint density at radius 2 is 2.00 bits per heavy atom. The molecule has 0 aromatic heterocycles. The molecule has 1 rings (SSSR count). The second kappa shape index (κ2) is 3.59. The number of rotatable bonds is 2. The predicted molar refractivity (Wildman–Crippen MR) is 52.5 cm³/mol. The molecule has 68 valence electrons. The third-order valence-electron chi connectivity index (χ3n) is 2.09. The lowest BCUT2D eigenvalue weighted by Gasteiger charge is -2.22. The highest BCUT2D eigenvalue weighted by molar-refractivity contribution is 6.69. The van der Waals surface area contributed by atoms with Gasteiger partial charge in [0.25, 0.3) is 0 Å². The first-order valence-electron chi connectivity index (χ1n) is 4.57. The van der Waals surface area contributed by atoms with Crippen LogP contribution >= 0.6 is 0 Å². The van der Waals surface area contributed by atoms with Crippen molar-refractivity contribution in [2.75, 3.05) is 0 Å². The SMILES string of the molecule is [C-]#[N+][C@H]1CCC[C@H]1O[Si](C)(C)C. The molecule has 0 aromatic carbocycles. The van der Waals surface area contributed by atoms with E-state index in [1.807, 2.05) is 0 Å². The summed E-state index contributed by atoms with van der Waals surface area (Å²) >= 11 is 0. The van der Waals surface area contributed by atoms with Gasteiger partial charge in [0.1, 0.15) is 6.10 Å². The lowest BCUT2D eigenvalue weighted by molar-refractivity contribution is 0.196. The van der Waals surface area contributed by atoms with E-state index < -0.39 is 8.32 Å². The zero-order valence-electron chi connectivity index (χ0n) is 8.13. The van der Waals surface area contributed by atoms with Crippen LogP contribution < -0.4 is 0 Å². The minimum atomic E-state index is -1.42. The van der Waals surface area contributed by atoms with Gasteiger partial charge in [0, 0.05) is 6.42 Å². The molecule has 2 nitrogen and oxygen atoms in total. The van der Waals surface area contributed by atoms with E-state index in [4.69, 9.17) is 11.0 Å². The summed E-state index contributed by atoms with van der Waals surface area (Å²) in [5, 5.41) is 0. The average molecular weight is 183 g/mol. The maximum atomic E-state index is 7.00. The van der Waals surface area contributed by atoms with Crippen LogP contribution in [0.2, 0.25) is 19.6 Å². The Bertz CT molecular complexity index is 192. The van der Waals surface area contributed by atoms with Crippen molar-refractivity contribution >= 4 is 8.32 Å². The smallest absolute Gasteiger partial charge is 0.248 e. The highest BCUT2D eigenvalue weighted by Crippen LogP contribution is 2.27. The molecule has 0 saturated heterocycles. The molecule has 1 fully saturated rings. The van der Waals surface area contributed by atoms with Gasteiger partial charge in [0.15, 0.2) is 8.32 Å². The molecule has 12 heavy (non-hydrogen) atoms. The molecule has 0 amide bonds. The van der Waals surface area contributed by atoms with E-state index >= 15 is 0 Å². The fourth-order valence-corrected chi connectivity index (χ4v) is 2.83. The molecule has 1 saturated carbocycles. The van der Waals surface area contributed by atoms with Crippen LogP contribution in [-0.4, -0.2) is 20.5 Å². The van der Waals surface area contributed by atoms with Gasteiger partial charge in [-0.05, 0) is 32.5 Å². The van der Waals surface area contributed by atoms with Crippen molar-refractivity contribution in [1.82, 2.24) is 0 Å². The average Bonchev–Trinajstić information content (AvgIpc) is 2.31. The van der Waals surface area contributed by atoms with E-state index in [2.05, 4.69) is 24.5 Å². The molecule has 0 aromatic rings. The number of hydrogen-bond donors (Lipinski definition) is 0. The van der Waals surface area contributed by atoms with Gasteiger partial charge in [-0.25, -0.2) is 6.57 Å². The van der Waals surface area contributed by atoms with E-state index in [1.165, 1.54) is 6.42 Å². The largest absolute Gasteiger partial charge is 0.407 e. The first-order chi connectivity index (χ1) is 5.53. The predicted octanol–water partition coefficient (Wildman–Crippen LogP) is 2.68. The summed E-state index contributed by atoms with van der Waals surface area (Å²) < 4.78 is 5.93. The van der Waals surface area contributed by atoms with Gasteiger partial charge >= 0.3 is 0 Å². The Kier molecular flexibility index (Phi) is 2.92. The van der Waals surface area contributed by atoms with E-state index in [-0.39, 0.29) is 12.1 Å². The van der Waals surface area contributed by atoms with Gasteiger partial charge in [-0.1, -0.05) is 0 Å². The zero-order chi connectivity index (χ0) is 9.19. The highest BCUT2D eigenvalue weighted by Gasteiger charge is 2.35. The lowest BCUT2D eigenvalue weighted by atomic mass is 10.2. The van der Waals surface area contributed by atoms with Crippen molar-refractivity contribution in [2.24, 2.45) is 0 Å². The monoisotopic (exact) mass is 183 g/mol. The van der Waals surface area contributed by atoms with Crippen LogP contribution in [0.3, 0.4) is 0 Å². The Morgan fingerprint density at radius 3 is 2.50 bits per heavy atom. The second-order valence-corrected chi connectivity index (χ2v) is 8.86. The number of nitrogens with zero attached hydrogens (tertiary/aromatic N) is 1. The topological polar surface area (TPSA) is 13.6 Å². The third-order valence-corrected chi connectivity index (χ3v) is 3.10. The van der Waals surface area contributed by atoms with Gasteiger partial charge in [-0.3, -0.25) is 0 Å². The molecule has 0 N–H and O–H groups in total. The van der Waals surface area contributed by atoms with Gasteiger partial charge < -0.3 is 9.27 Å². The molecule has 1 aliphatic rings. The van der Waals surface area contributed by atoms with Crippen molar-refractivity contribution < 1.29 is 4.43 Å². The molecule has 3 heteroatoms. The summed E-state index contributed by atoms with van der Waals surface area (Å²) in [5.74, 6) is 0. The zero-order valence-corrected chi connectivity index (χ0v) is 9.13. The molecular formula is C9H17NOSi. The number of hydrogen-bond acceptors (Lipinski definition) is 1. The minimum absolute atomic E-state index is 0.150. The van der Waals surface area contributed by atoms with Crippen molar-refractivity contribution in [3.05, 3.63) is 11.4 Å². The minimum Gasteiger partial charge on any atom is -0.407 e. The van der Waals surface area contributed by atoms with Crippen LogP contribution in [0.5, 0.6) is 0 Å². The Balaban J connectivity index is 2.48. The highest BCUT2D eigenvalue weighted by atomic mass is 28.4. The molecule has 0 unspecified atom stereocenters. The molecule has 2 atom stereocenters. The van der Waals surface area contributed by atoms with Crippen LogP contribution in [0.15, 0.2) is 0 Å². The molecule has 0 radical (unpaired) electrons. The summed E-state index contributed by atoms with van der Waals surface area (Å²) in [7, 11) is -1.42. The van der Waals surface area contributed by atoms with E-state index in [1.54, 1.807) is 0 Å². The Morgan fingerprint density at radius 1 is 1.33 bits per heavy atom. The van der Waals surface area contributed by atoms with Crippen molar-refractivity contribution in [1.29, 1.82) is 0 Å². The van der Waals surface area contributed by atoms with Gasteiger partial charge in [0.05, 0.1) is 0 Å². The lowest BCUT2D eigenvalue weighted by Crippen LogP contribution is -2.34. The molecule has 0 bridgehead atoms. The first kappa shape index (κ1) is 9.75. The van der Waals surface area contributed by atoms with Crippen LogP contribution in [0, 0.1) is 6.57 Å². The van der Waals surface area contributed by atoms with Crippen LogP contribution in [0.4, 0.5) is 0 Å². The molecule has 0 heterocycles. The van der Waals surface area contributed by atoms with Crippen molar-refractivity contribution in [3.8, 4) is 0 Å². The molecule has 0 spiro atoms. The summed E-state index contributed by atoms with van der Waals surface area (Å²) in [6, 6.07) is 0.150. The molecule has 1 aliphatic carbocycles. The van der Waals surface area contributed by atoms with Gasteiger partial charge in [0.2, 0.25) is 6.04 Å².